The quantitative estimate of drug-likeness (QED) is 0.254. The van der Waals surface area contributed by atoms with Crippen molar-refractivity contribution >= 4 is 56.5 Å². The Morgan fingerprint density at radius 1 is 1.00 bits per heavy atom. The predicted molar refractivity (Wildman–Crippen MR) is 128 cm³/mol. The lowest BCUT2D eigenvalue weighted by molar-refractivity contribution is -0.114. The molecule has 1 heterocycles. The van der Waals surface area contributed by atoms with Gasteiger partial charge in [-0.15, -0.1) is 11.3 Å². The first-order valence-corrected chi connectivity index (χ1v) is 10.4. The summed E-state index contributed by atoms with van der Waals surface area (Å²) in [4.78, 5) is 25.4. The molecule has 154 valence electrons. The van der Waals surface area contributed by atoms with Gasteiger partial charge in [-0.2, -0.15) is 0 Å². The summed E-state index contributed by atoms with van der Waals surface area (Å²) >= 11 is 1.60. The molecule has 0 bridgehead atoms. The summed E-state index contributed by atoms with van der Waals surface area (Å²) in [6.07, 6.45) is 1.17. The van der Waals surface area contributed by atoms with Crippen LogP contribution in [-0.4, -0.2) is 18.0 Å². The second-order valence-corrected chi connectivity index (χ2v) is 8.08. The third-order valence-corrected chi connectivity index (χ3v) is 5.95. The Labute approximate surface area is 183 Å². The number of amides is 2. The van der Waals surface area contributed by atoms with Crippen molar-refractivity contribution in [3.05, 3.63) is 77.9 Å². The van der Waals surface area contributed by atoms with Gasteiger partial charge < -0.3 is 21.8 Å². The minimum Gasteiger partial charge on any atom is -0.398 e. The molecule has 6 nitrogen and oxygen atoms in total. The maximum absolute atomic E-state index is 12.9. The van der Waals surface area contributed by atoms with Crippen molar-refractivity contribution in [2.24, 2.45) is 0 Å². The molecule has 0 aliphatic heterocycles. The topological polar surface area (TPSA) is 108 Å². The van der Waals surface area contributed by atoms with E-state index < -0.39 is 0 Å². The fourth-order valence-electron chi connectivity index (χ4n) is 3.36. The Morgan fingerprint density at radius 3 is 2.48 bits per heavy atom. The van der Waals surface area contributed by atoms with Gasteiger partial charge in [0.1, 0.15) is 0 Å². The Balaban J connectivity index is 1.73. The van der Waals surface area contributed by atoms with E-state index in [1.165, 1.54) is 13.1 Å². The standard InChI is InChI=1S/C24H20N4O2S/c1-14(29)27-20-8-4-3-7-18(20)24(30)28-17-10-16(13-25)23(26)19(12-17)22-11-15-6-2-5-9-21(15)31-22/h2-13,25H,26H2,1H3,(H,27,29)(H,28,30). The molecule has 7 heteroatoms. The Hall–Kier alpha value is -3.97. The molecule has 5 N–H and O–H groups in total. The zero-order valence-electron chi connectivity index (χ0n) is 16.7. The molecule has 0 aliphatic carbocycles. The van der Waals surface area contributed by atoms with Crippen molar-refractivity contribution in [2.75, 3.05) is 16.4 Å². The lowest BCUT2D eigenvalue weighted by Crippen LogP contribution is -2.16. The second kappa shape index (κ2) is 8.41. The van der Waals surface area contributed by atoms with Crippen molar-refractivity contribution < 1.29 is 9.59 Å². The molecule has 1 aromatic heterocycles. The molecule has 0 radical (unpaired) electrons. The van der Waals surface area contributed by atoms with Crippen molar-refractivity contribution in [3.63, 3.8) is 0 Å². The maximum atomic E-state index is 12.9. The van der Waals surface area contributed by atoms with E-state index in [1.54, 1.807) is 41.7 Å². The summed E-state index contributed by atoms with van der Waals surface area (Å²) < 4.78 is 1.13. The number of hydrogen-bond acceptors (Lipinski definition) is 5. The van der Waals surface area contributed by atoms with Gasteiger partial charge in [0.15, 0.2) is 0 Å². The van der Waals surface area contributed by atoms with Crippen LogP contribution in [0.1, 0.15) is 22.8 Å². The Kier molecular flexibility index (Phi) is 5.51. The van der Waals surface area contributed by atoms with E-state index in [0.29, 0.717) is 28.2 Å². The largest absolute Gasteiger partial charge is 0.398 e. The molecule has 0 spiro atoms. The molecule has 0 atom stereocenters. The second-order valence-electron chi connectivity index (χ2n) is 7.00. The number of hydrogen-bond donors (Lipinski definition) is 4. The first-order chi connectivity index (χ1) is 15.0. The van der Waals surface area contributed by atoms with Crippen LogP contribution >= 0.6 is 11.3 Å². The molecule has 4 rings (SSSR count). The van der Waals surface area contributed by atoms with Gasteiger partial charge in [0, 0.05) is 45.2 Å². The number of nitrogen functional groups attached to an aromatic ring is 1. The van der Waals surface area contributed by atoms with Crippen LogP contribution in [0, 0.1) is 5.41 Å². The Bertz CT molecular complexity index is 1290. The van der Waals surface area contributed by atoms with Gasteiger partial charge in [-0.3, -0.25) is 9.59 Å². The van der Waals surface area contributed by atoms with E-state index in [2.05, 4.69) is 16.7 Å². The number of para-hydroxylation sites is 1. The smallest absolute Gasteiger partial charge is 0.257 e. The summed E-state index contributed by atoms with van der Waals surface area (Å²) in [5.74, 6) is -0.627. The molecule has 0 fully saturated rings. The third kappa shape index (κ3) is 4.17. The van der Waals surface area contributed by atoms with E-state index in [-0.39, 0.29) is 11.8 Å². The van der Waals surface area contributed by atoms with Crippen molar-refractivity contribution in [2.45, 2.75) is 6.92 Å². The van der Waals surface area contributed by atoms with E-state index in [9.17, 15) is 9.59 Å². The number of anilines is 3. The van der Waals surface area contributed by atoms with E-state index in [1.807, 2.05) is 30.3 Å². The number of carbonyl (C=O) groups is 2. The van der Waals surface area contributed by atoms with E-state index in [0.717, 1.165) is 20.5 Å². The highest BCUT2D eigenvalue weighted by Crippen LogP contribution is 2.39. The fraction of sp³-hybridized carbons (Fsp3) is 0.0417. The highest BCUT2D eigenvalue weighted by molar-refractivity contribution is 7.22. The number of nitrogens with two attached hydrogens (primary N) is 1. The third-order valence-electron chi connectivity index (χ3n) is 4.80. The zero-order valence-corrected chi connectivity index (χ0v) is 17.5. The number of nitrogens with one attached hydrogen (secondary N) is 3. The lowest BCUT2D eigenvalue weighted by Gasteiger charge is -2.14. The monoisotopic (exact) mass is 428 g/mol. The van der Waals surface area contributed by atoms with Crippen LogP contribution in [0.5, 0.6) is 0 Å². The van der Waals surface area contributed by atoms with Gasteiger partial charge >= 0.3 is 0 Å². The summed E-state index contributed by atoms with van der Waals surface area (Å²) in [5.41, 5.74) is 9.38. The predicted octanol–water partition coefficient (Wildman–Crippen LogP) is 5.36. The number of thiophene rings is 1. The fourth-order valence-corrected chi connectivity index (χ4v) is 4.46. The first-order valence-electron chi connectivity index (χ1n) is 9.57. The van der Waals surface area contributed by atoms with Crippen LogP contribution < -0.4 is 16.4 Å². The number of carbonyl (C=O) groups excluding carboxylic acids is 2. The van der Waals surface area contributed by atoms with Crippen LogP contribution in [0.3, 0.4) is 0 Å². The molecule has 0 unspecified atom stereocenters. The van der Waals surface area contributed by atoms with Crippen molar-refractivity contribution in [1.82, 2.24) is 0 Å². The normalized spacial score (nSPS) is 10.6. The minimum absolute atomic E-state index is 0.258. The Morgan fingerprint density at radius 2 is 1.74 bits per heavy atom. The number of benzene rings is 3. The van der Waals surface area contributed by atoms with Gasteiger partial charge in [0.25, 0.3) is 5.91 Å². The van der Waals surface area contributed by atoms with Gasteiger partial charge in [-0.05, 0) is 41.8 Å². The van der Waals surface area contributed by atoms with E-state index >= 15 is 0 Å². The molecule has 0 saturated heterocycles. The lowest BCUT2D eigenvalue weighted by atomic mass is 10.0. The molecule has 0 aliphatic rings. The van der Waals surface area contributed by atoms with Gasteiger partial charge in [0.05, 0.1) is 11.3 Å². The van der Waals surface area contributed by atoms with Gasteiger partial charge in [-0.25, -0.2) is 0 Å². The van der Waals surface area contributed by atoms with Gasteiger partial charge in [-0.1, -0.05) is 30.3 Å². The molecule has 31 heavy (non-hydrogen) atoms. The van der Waals surface area contributed by atoms with E-state index in [4.69, 9.17) is 11.1 Å². The SMILES string of the molecule is CC(=O)Nc1ccccc1C(=O)Nc1cc(C=N)c(N)c(-c2cc3ccccc3s2)c1. The highest BCUT2D eigenvalue weighted by atomic mass is 32.1. The van der Waals surface area contributed by atoms with Crippen LogP contribution in [0.2, 0.25) is 0 Å². The molecule has 2 amide bonds. The minimum atomic E-state index is -0.368. The van der Waals surface area contributed by atoms with Crippen LogP contribution in [-0.2, 0) is 4.79 Å². The van der Waals surface area contributed by atoms with Crippen molar-refractivity contribution in [1.29, 1.82) is 5.41 Å². The maximum Gasteiger partial charge on any atom is 0.257 e. The van der Waals surface area contributed by atoms with Crippen molar-refractivity contribution in [3.8, 4) is 10.4 Å². The summed E-state index contributed by atoms with van der Waals surface area (Å²) in [6.45, 7) is 1.39. The van der Waals surface area contributed by atoms with Crippen LogP contribution in [0.4, 0.5) is 17.1 Å². The average molecular weight is 429 g/mol. The molecule has 0 saturated carbocycles. The summed E-state index contributed by atoms with van der Waals surface area (Å²) in [5, 5.41) is 14.4. The molecular formula is C24H20N4O2S. The highest BCUT2D eigenvalue weighted by Gasteiger charge is 2.16. The zero-order chi connectivity index (χ0) is 22.0. The molecule has 4 aromatic rings. The molecule has 3 aromatic carbocycles. The molecular weight excluding hydrogens is 408 g/mol. The summed E-state index contributed by atoms with van der Waals surface area (Å²) in [6, 6.07) is 20.4. The average Bonchev–Trinajstić information content (AvgIpc) is 3.18. The summed E-state index contributed by atoms with van der Waals surface area (Å²) in [7, 11) is 0. The van der Waals surface area contributed by atoms with Gasteiger partial charge in [0.2, 0.25) is 5.91 Å². The first kappa shape index (κ1) is 20.3. The number of fused-ring (bicyclic) bond motifs is 1. The van der Waals surface area contributed by atoms with Crippen LogP contribution in [0.15, 0.2) is 66.7 Å². The number of rotatable bonds is 5. The van der Waals surface area contributed by atoms with Crippen LogP contribution in [0.25, 0.3) is 20.5 Å².